The average Bonchev–Trinajstić information content (AvgIpc) is 2.98. The molecular formula is C17H15N3O3. The minimum atomic E-state index is -0.976. The molecule has 0 fully saturated rings. The lowest BCUT2D eigenvalue weighted by Gasteiger charge is -2.02. The molecular weight excluding hydrogens is 294 g/mol. The Labute approximate surface area is 132 Å². The first-order valence-electron chi connectivity index (χ1n) is 7.19. The van der Waals surface area contributed by atoms with Crippen molar-refractivity contribution in [2.24, 2.45) is 5.92 Å². The van der Waals surface area contributed by atoms with Crippen molar-refractivity contribution in [3.8, 4) is 11.3 Å². The van der Waals surface area contributed by atoms with Gasteiger partial charge in [0.1, 0.15) is 12.0 Å². The molecule has 23 heavy (non-hydrogen) atoms. The Morgan fingerprint density at radius 2 is 1.83 bits per heavy atom. The molecule has 0 saturated carbocycles. The van der Waals surface area contributed by atoms with E-state index in [1.807, 2.05) is 13.8 Å². The zero-order valence-electron chi connectivity index (χ0n) is 12.7. The van der Waals surface area contributed by atoms with E-state index in [1.165, 1.54) is 18.5 Å². The molecule has 3 aromatic rings. The van der Waals surface area contributed by atoms with E-state index in [0.29, 0.717) is 17.0 Å². The minimum absolute atomic E-state index is 0.00942. The first kappa shape index (κ1) is 14.9. The van der Waals surface area contributed by atoms with Crippen molar-refractivity contribution >= 4 is 22.8 Å². The fraction of sp³-hybridized carbons (Fsp3) is 0.176. The lowest BCUT2D eigenvalue weighted by Crippen LogP contribution is -2.07. The molecule has 0 spiro atoms. The quantitative estimate of drug-likeness (QED) is 0.722. The third kappa shape index (κ3) is 2.70. The molecule has 116 valence electrons. The van der Waals surface area contributed by atoms with Crippen LogP contribution in [0, 0.1) is 5.92 Å². The number of Topliss-reactive ketones (excluding diaryl/α,β-unsaturated/α-hetero) is 1. The van der Waals surface area contributed by atoms with Gasteiger partial charge in [-0.05, 0) is 18.2 Å². The molecule has 0 unspecified atom stereocenters. The summed E-state index contributed by atoms with van der Waals surface area (Å²) in [7, 11) is 0. The summed E-state index contributed by atoms with van der Waals surface area (Å²) in [5.41, 5.74) is 2.72. The highest BCUT2D eigenvalue weighted by Gasteiger charge is 2.16. The number of aromatic nitrogens is 3. The lowest BCUT2D eigenvalue weighted by atomic mass is 10.0. The molecule has 0 radical (unpaired) electrons. The van der Waals surface area contributed by atoms with Gasteiger partial charge in [0.2, 0.25) is 0 Å². The summed E-state index contributed by atoms with van der Waals surface area (Å²) in [6.45, 7) is 3.68. The number of H-pyrrole nitrogens is 1. The number of carbonyl (C=O) groups is 2. The largest absolute Gasteiger partial charge is 0.478 e. The molecule has 2 heterocycles. The zero-order chi connectivity index (χ0) is 16.6. The van der Waals surface area contributed by atoms with Crippen LogP contribution < -0.4 is 0 Å². The summed E-state index contributed by atoms with van der Waals surface area (Å²) in [6, 6.07) is 8.19. The lowest BCUT2D eigenvalue weighted by molar-refractivity contribution is 0.0696. The number of ketones is 1. The highest BCUT2D eigenvalue weighted by Crippen LogP contribution is 2.27. The molecule has 0 aliphatic carbocycles. The third-order valence-electron chi connectivity index (χ3n) is 3.62. The van der Waals surface area contributed by atoms with Gasteiger partial charge >= 0.3 is 5.97 Å². The SMILES string of the molecule is CC(C)C(=O)c1cc2c(-c3ccc(C(=O)O)cc3)ncnc2[nH]1. The van der Waals surface area contributed by atoms with Gasteiger partial charge in [-0.1, -0.05) is 26.0 Å². The average molecular weight is 309 g/mol. The second kappa shape index (κ2) is 5.64. The van der Waals surface area contributed by atoms with Crippen LogP contribution >= 0.6 is 0 Å². The molecule has 6 nitrogen and oxygen atoms in total. The van der Waals surface area contributed by atoms with Crippen LogP contribution in [-0.2, 0) is 0 Å². The molecule has 1 aromatic carbocycles. The van der Waals surface area contributed by atoms with E-state index < -0.39 is 5.97 Å². The Hall–Kier alpha value is -3.02. The molecule has 3 rings (SSSR count). The van der Waals surface area contributed by atoms with Gasteiger partial charge in [-0.3, -0.25) is 4.79 Å². The predicted octanol–water partition coefficient (Wildman–Crippen LogP) is 3.16. The second-order valence-corrected chi connectivity index (χ2v) is 5.57. The summed E-state index contributed by atoms with van der Waals surface area (Å²) in [5, 5.41) is 9.70. The van der Waals surface area contributed by atoms with Crippen LogP contribution in [-0.4, -0.2) is 31.8 Å². The van der Waals surface area contributed by atoms with E-state index in [2.05, 4.69) is 15.0 Å². The monoisotopic (exact) mass is 309 g/mol. The van der Waals surface area contributed by atoms with Gasteiger partial charge in [0.15, 0.2) is 5.78 Å². The third-order valence-corrected chi connectivity index (χ3v) is 3.62. The van der Waals surface area contributed by atoms with Gasteiger partial charge in [-0.25, -0.2) is 14.8 Å². The van der Waals surface area contributed by atoms with E-state index in [9.17, 15) is 9.59 Å². The molecule has 0 aliphatic rings. The van der Waals surface area contributed by atoms with Crippen LogP contribution in [0.3, 0.4) is 0 Å². The molecule has 0 amide bonds. The van der Waals surface area contributed by atoms with Crippen molar-refractivity contribution < 1.29 is 14.7 Å². The van der Waals surface area contributed by atoms with E-state index in [4.69, 9.17) is 5.11 Å². The van der Waals surface area contributed by atoms with Crippen LogP contribution in [0.25, 0.3) is 22.3 Å². The maximum Gasteiger partial charge on any atom is 0.335 e. The maximum absolute atomic E-state index is 12.1. The number of aromatic carboxylic acids is 1. The molecule has 0 atom stereocenters. The standard InChI is InChI=1S/C17H15N3O3/c1-9(2)15(21)13-7-12-14(18-8-19-16(12)20-13)10-3-5-11(6-4-10)17(22)23/h3-9H,1-2H3,(H,22,23)(H,18,19,20). The fourth-order valence-electron chi connectivity index (χ4n) is 2.38. The van der Waals surface area contributed by atoms with Gasteiger partial charge in [-0.2, -0.15) is 0 Å². The van der Waals surface area contributed by atoms with Crippen molar-refractivity contribution in [2.45, 2.75) is 13.8 Å². The van der Waals surface area contributed by atoms with Gasteiger partial charge in [-0.15, -0.1) is 0 Å². The van der Waals surface area contributed by atoms with Crippen LogP contribution in [0.5, 0.6) is 0 Å². The number of rotatable bonds is 4. The number of aromatic amines is 1. The van der Waals surface area contributed by atoms with Crippen molar-refractivity contribution in [3.05, 3.63) is 47.9 Å². The Morgan fingerprint density at radius 3 is 2.43 bits per heavy atom. The Kier molecular flexibility index (Phi) is 3.65. The number of hydrogen-bond acceptors (Lipinski definition) is 4. The van der Waals surface area contributed by atoms with Gasteiger partial charge in [0.05, 0.1) is 17.0 Å². The first-order chi connectivity index (χ1) is 11.0. The smallest absolute Gasteiger partial charge is 0.335 e. The van der Waals surface area contributed by atoms with Crippen LogP contribution in [0.1, 0.15) is 34.7 Å². The number of carboxylic acid groups (broad SMARTS) is 1. The number of nitrogens with one attached hydrogen (secondary N) is 1. The normalized spacial score (nSPS) is 11.1. The van der Waals surface area contributed by atoms with Crippen LogP contribution in [0.15, 0.2) is 36.7 Å². The van der Waals surface area contributed by atoms with E-state index in [0.717, 1.165) is 10.9 Å². The maximum atomic E-state index is 12.1. The predicted molar refractivity (Wildman–Crippen MR) is 85.5 cm³/mol. The topological polar surface area (TPSA) is 95.9 Å². The summed E-state index contributed by atoms with van der Waals surface area (Å²) >= 11 is 0. The number of fused-ring (bicyclic) bond motifs is 1. The summed E-state index contributed by atoms with van der Waals surface area (Å²) in [6.07, 6.45) is 1.42. The number of benzene rings is 1. The fourth-order valence-corrected chi connectivity index (χ4v) is 2.38. The van der Waals surface area contributed by atoms with Gasteiger partial charge < -0.3 is 10.1 Å². The Balaban J connectivity index is 2.10. The second-order valence-electron chi connectivity index (χ2n) is 5.57. The molecule has 2 N–H and O–H groups in total. The number of carboxylic acids is 1. The van der Waals surface area contributed by atoms with E-state index in [-0.39, 0.29) is 17.3 Å². The van der Waals surface area contributed by atoms with Crippen LogP contribution in [0.2, 0.25) is 0 Å². The summed E-state index contributed by atoms with van der Waals surface area (Å²) in [4.78, 5) is 34.5. The number of nitrogens with zero attached hydrogens (tertiary/aromatic N) is 2. The molecule has 0 bridgehead atoms. The summed E-state index contributed by atoms with van der Waals surface area (Å²) in [5.74, 6) is -1.08. The van der Waals surface area contributed by atoms with Crippen LogP contribution in [0.4, 0.5) is 0 Å². The molecule has 0 saturated heterocycles. The molecule has 2 aromatic heterocycles. The highest BCUT2D eigenvalue weighted by molar-refractivity contribution is 6.02. The Morgan fingerprint density at radius 1 is 1.13 bits per heavy atom. The zero-order valence-corrected chi connectivity index (χ0v) is 12.7. The molecule has 6 heteroatoms. The molecule has 0 aliphatic heterocycles. The van der Waals surface area contributed by atoms with Crippen molar-refractivity contribution in [1.29, 1.82) is 0 Å². The van der Waals surface area contributed by atoms with Crippen molar-refractivity contribution in [1.82, 2.24) is 15.0 Å². The van der Waals surface area contributed by atoms with E-state index >= 15 is 0 Å². The van der Waals surface area contributed by atoms with Crippen molar-refractivity contribution in [2.75, 3.05) is 0 Å². The summed E-state index contributed by atoms with van der Waals surface area (Å²) < 4.78 is 0. The number of carbonyl (C=O) groups excluding carboxylic acids is 1. The Bertz CT molecular complexity index is 895. The van der Waals surface area contributed by atoms with Gasteiger partial charge in [0.25, 0.3) is 0 Å². The highest BCUT2D eigenvalue weighted by atomic mass is 16.4. The first-order valence-corrected chi connectivity index (χ1v) is 7.19. The van der Waals surface area contributed by atoms with Gasteiger partial charge in [0, 0.05) is 16.9 Å². The number of hydrogen-bond donors (Lipinski definition) is 2. The van der Waals surface area contributed by atoms with E-state index in [1.54, 1.807) is 18.2 Å². The minimum Gasteiger partial charge on any atom is -0.478 e. The van der Waals surface area contributed by atoms with Crippen molar-refractivity contribution in [3.63, 3.8) is 0 Å².